The number of methoxy groups -OCH3 is 2. The molecule has 0 atom stereocenters. The minimum Gasteiger partial charge on any atom is -0.388 e. The third-order valence-corrected chi connectivity index (χ3v) is 2.39. The molecule has 0 saturated carbocycles. The van der Waals surface area contributed by atoms with Crippen molar-refractivity contribution in [1.82, 2.24) is 10.6 Å². The Kier molecular flexibility index (Phi) is 11.9. The van der Waals surface area contributed by atoms with Crippen molar-refractivity contribution in [3.05, 3.63) is 35.4 Å². The average molecular weight is 320 g/mol. The Balaban J connectivity index is 0.00000149. The van der Waals surface area contributed by atoms with Gasteiger partial charge in [-0.2, -0.15) is 0 Å². The van der Waals surface area contributed by atoms with Crippen LogP contribution in [0.15, 0.2) is 24.3 Å². The smallest absolute Gasteiger partial charge is 0.239 e. The Morgan fingerprint density at radius 1 is 1.09 bits per heavy atom. The molecule has 0 aliphatic carbocycles. The van der Waals surface area contributed by atoms with Crippen molar-refractivity contribution in [3.63, 3.8) is 0 Å². The number of rotatable bonds is 5. The van der Waals surface area contributed by atoms with E-state index in [1.807, 2.05) is 24.3 Å². The Morgan fingerprint density at radius 3 is 2.22 bits per heavy atom. The number of carbonyl (C=O) groups is 2. The van der Waals surface area contributed by atoms with Crippen LogP contribution in [0.1, 0.15) is 18.1 Å². The molecule has 0 spiro atoms. The van der Waals surface area contributed by atoms with Gasteiger partial charge in [-0.25, -0.2) is 0 Å². The molecule has 0 heterocycles. The molecule has 2 N–H and O–H groups in total. The third kappa shape index (κ3) is 11.9. The van der Waals surface area contributed by atoms with Crippen molar-refractivity contribution < 1.29 is 19.1 Å². The number of nitrogens with one attached hydrogen (secondary N) is 2. The second kappa shape index (κ2) is 13.3. The lowest BCUT2D eigenvalue weighted by Crippen LogP contribution is -2.35. The molecular formula is C17H24N2O4. The fourth-order valence-electron chi connectivity index (χ4n) is 1.38. The van der Waals surface area contributed by atoms with E-state index < -0.39 is 0 Å². The van der Waals surface area contributed by atoms with Gasteiger partial charge in [-0.15, -0.1) is 0 Å². The molecule has 6 nitrogen and oxygen atoms in total. The Bertz CT molecular complexity index is 530. The summed E-state index contributed by atoms with van der Waals surface area (Å²) in [5, 5.41) is 5.15. The van der Waals surface area contributed by atoms with E-state index in [-0.39, 0.29) is 18.4 Å². The molecule has 0 saturated heterocycles. The predicted octanol–water partition coefficient (Wildman–Crippen LogP) is 0.699. The van der Waals surface area contributed by atoms with Gasteiger partial charge in [-0.05, 0) is 17.7 Å². The fourth-order valence-corrected chi connectivity index (χ4v) is 1.38. The van der Waals surface area contributed by atoms with E-state index in [2.05, 4.69) is 27.2 Å². The Morgan fingerprint density at radius 2 is 1.70 bits per heavy atom. The zero-order chi connectivity index (χ0) is 17.5. The zero-order valence-electron chi connectivity index (χ0n) is 14.1. The van der Waals surface area contributed by atoms with Crippen LogP contribution in [0.25, 0.3) is 0 Å². The maximum atomic E-state index is 11.4. The highest BCUT2D eigenvalue weighted by Gasteiger charge is 2.01. The summed E-state index contributed by atoms with van der Waals surface area (Å²) in [6.45, 7) is 2.19. The zero-order valence-corrected chi connectivity index (χ0v) is 14.1. The van der Waals surface area contributed by atoms with Gasteiger partial charge < -0.3 is 20.1 Å². The summed E-state index contributed by atoms with van der Waals surface area (Å²) >= 11 is 0. The van der Waals surface area contributed by atoms with E-state index in [9.17, 15) is 9.59 Å². The van der Waals surface area contributed by atoms with Crippen molar-refractivity contribution in [3.8, 4) is 11.8 Å². The van der Waals surface area contributed by atoms with Gasteiger partial charge in [0.05, 0.1) is 6.54 Å². The first-order chi connectivity index (χ1) is 11.0. The minimum absolute atomic E-state index is 0.00406. The normalized spacial score (nSPS) is 8.87. The van der Waals surface area contributed by atoms with Gasteiger partial charge >= 0.3 is 0 Å². The molecular weight excluding hydrogens is 296 g/mol. The molecule has 6 heteroatoms. The van der Waals surface area contributed by atoms with Crippen molar-refractivity contribution in [2.24, 2.45) is 0 Å². The number of ether oxygens (including phenoxy) is 2. The largest absolute Gasteiger partial charge is 0.388 e. The molecule has 0 bridgehead atoms. The van der Waals surface area contributed by atoms with Gasteiger partial charge in [0.2, 0.25) is 11.8 Å². The molecule has 0 radical (unpaired) electrons. The monoisotopic (exact) mass is 320 g/mol. The van der Waals surface area contributed by atoms with Crippen LogP contribution < -0.4 is 10.6 Å². The molecule has 0 unspecified atom stereocenters. The highest BCUT2D eigenvalue weighted by Crippen LogP contribution is 2.02. The molecule has 126 valence electrons. The topological polar surface area (TPSA) is 76.7 Å². The van der Waals surface area contributed by atoms with Crippen molar-refractivity contribution in [2.45, 2.75) is 13.5 Å². The molecule has 2 amide bonds. The van der Waals surface area contributed by atoms with Crippen LogP contribution >= 0.6 is 0 Å². The van der Waals surface area contributed by atoms with Gasteiger partial charge in [0.1, 0.15) is 6.61 Å². The van der Waals surface area contributed by atoms with E-state index in [0.29, 0.717) is 13.2 Å². The molecule has 23 heavy (non-hydrogen) atoms. The van der Waals surface area contributed by atoms with E-state index in [1.54, 1.807) is 21.3 Å². The molecule has 0 aliphatic heterocycles. The van der Waals surface area contributed by atoms with Crippen LogP contribution in [0.3, 0.4) is 0 Å². The lowest BCUT2D eigenvalue weighted by Gasteiger charge is -2.05. The SMILES string of the molecule is COC.COCC#Cc1ccc(CNC(=O)CNC(C)=O)cc1. The first-order valence-electron chi connectivity index (χ1n) is 7.01. The first-order valence-corrected chi connectivity index (χ1v) is 7.01. The van der Waals surface area contributed by atoms with Crippen LogP contribution in [0.2, 0.25) is 0 Å². The molecule has 0 aromatic heterocycles. The summed E-state index contributed by atoms with van der Waals surface area (Å²) in [5.41, 5.74) is 1.87. The summed E-state index contributed by atoms with van der Waals surface area (Å²) in [6, 6.07) is 7.57. The Hall–Kier alpha value is -2.36. The summed E-state index contributed by atoms with van der Waals surface area (Å²) in [4.78, 5) is 22.1. The van der Waals surface area contributed by atoms with Gasteiger partial charge in [-0.1, -0.05) is 24.0 Å². The van der Waals surface area contributed by atoms with Gasteiger partial charge in [0, 0.05) is 40.4 Å². The van der Waals surface area contributed by atoms with Crippen LogP contribution in [0, 0.1) is 11.8 Å². The highest BCUT2D eigenvalue weighted by atomic mass is 16.5. The highest BCUT2D eigenvalue weighted by molar-refractivity contribution is 5.83. The molecule has 1 aromatic carbocycles. The van der Waals surface area contributed by atoms with E-state index in [0.717, 1.165) is 11.1 Å². The predicted molar refractivity (Wildman–Crippen MR) is 88.7 cm³/mol. The van der Waals surface area contributed by atoms with Crippen molar-refractivity contribution in [2.75, 3.05) is 34.5 Å². The summed E-state index contributed by atoms with van der Waals surface area (Å²) < 4.78 is 9.09. The summed E-state index contributed by atoms with van der Waals surface area (Å²) in [6.07, 6.45) is 0. The van der Waals surface area contributed by atoms with Crippen molar-refractivity contribution in [1.29, 1.82) is 0 Å². The molecule has 0 fully saturated rings. The Labute approximate surface area is 137 Å². The number of hydrogen-bond acceptors (Lipinski definition) is 4. The third-order valence-electron chi connectivity index (χ3n) is 2.39. The van der Waals surface area contributed by atoms with Crippen LogP contribution in [-0.2, 0) is 25.6 Å². The van der Waals surface area contributed by atoms with E-state index in [1.165, 1.54) is 6.92 Å². The number of amides is 2. The number of hydrogen-bond donors (Lipinski definition) is 2. The van der Waals surface area contributed by atoms with Gasteiger partial charge in [0.25, 0.3) is 0 Å². The fraction of sp³-hybridized carbons (Fsp3) is 0.412. The van der Waals surface area contributed by atoms with Crippen LogP contribution in [0.5, 0.6) is 0 Å². The maximum absolute atomic E-state index is 11.4. The lowest BCUT2D eigenvalue weighted by atomic mass is 10.1. The quantitative estimate of drug-likeness (QED) is 0.783. The second-order valence-corrected chi connectivity index (χ2v) is 4.53. The van der Waals surface area contributed by atoms with Gasteiger partial charge in [0.15, 0.2) is 0 Å². The molecule has 1 aromatic rings. The standard InChI is InChI=1S/C15H18N2O3.C2H6O/c1-12(18)16-11-15(19)17-10-14-7-5-13(6-8-14)4-3-9-20-2;1-3-2/h5-8H,9-11H2,1-2H3,(H,16,18)(H,17,19);1-2H3. The van der Waals surface area contributed by atoms with Crippen LogP contribution in [-0.4, -0.2) is 46.3 Å². The number of benzene rings is 1. The first kappa shape index (κ1) is 20.6. The lowest BCUT2D eigenvalue weighted by molar-refractivity contribution is -0.125. The average Bonchev–Trinajstić information content (AvgIpc) is 2.53. The van der Waals surface area contributed by atoms with E-state index in [4.69, 9.17) is 4.74 Å². The van der Waals surface area contributed by atoms with Crippen LogP contribution in [0.4, 0.5) is 0 Å². The molecule has 1 rings (SSSR count). The maximum Gasteiger partial charge on any atom is 0.239 e. The van der Waals surface area contributed by atoms with E-state index >= 15 is 0 Å². The van der Waals surface area contributed by atoms with Crippen molar-refractivity contribution >= 4 is 11.8 Å². The second-order valence-electron chi connectivity index (χ2n) is 4.53. The van der Waals surface area contributed by atoms with Gasteiger partial charge in [-0.3, -0.25) is 9.59 Å². The summed E-state index contributed by atoms with van der Waals surface area (Å²) in [7, 11) is 4.85. The molecule has 0 aliphatic rings. The minimum atomic E-state index is -0.223. The number of carbonyl (C=O) groups excluding carboxylic acids is 2. The summed E-state index contributed by atoms with van der Waals surface area (Å²) in [5.74, 6) is 5.39.